The lowest BCUT2D eigenvalue weighted by Crippen LogP contribution is -2.30. The summed E-state index contributed by atoms with van der Waals surface area (Å²) in [6, 6.07) is 0.643. The summed E-state index contributed by atoms with van der Waals surface area (Å²) in [6.45, 7) is 9.78. The molecule has 2 fully saturated rings. The van der Waals surface area contributed by atoms with E-state index in [2.05, 4.69) is 24.1 Å². The lowest BCUT2D eigenvalue weighted by molar-refractivity contribution is 0.247. The van der Waals surface area contributed by atoms with Crippen LogP contribution < -0.4 is 5.32 Å². The van der Waals surface area contributed by atoms with Crippen LogP contribution in [-0.4, -0.2) is 37.1 Å². The van der Waals surface area contributed by atoms with Crippen LogP contribution in [0, 0.1) is 11.8 Å². The zero-order chi connectivity index (χ0) is 12.1. The monoisotopic (exact) mass is 238 g/mol. The van der Waals surface area contributed by atoms with Crippen LogP contribution in [0.4, 0.5) is 0 Å². The fraction of sp³-hybridized carbons (Fsp3) is 1.00. The third-order valence-electron chi connectivity index (χ3n) is 3.88. The maximum Gasteiger partial charge on any atom is 0.00103 e. The Kier molecular flexibility index (Phi) is 5.30. The molecular formula is C15H30N2. The molecule has 2 heteroatoms. The van der Waals surface area contributed by atoms with Gasteiger partial charge in [-0.25, -0.2) is 0 Å². The Labute approximate surface area is 107 Å². The maximum absolute atomic E-state index is 3.51. The van der Waals surface area contributed by atoms with Crippen molar-refractivity contribution in [3.63, 3.8) is 0 Å². The van der Waals surface area contributed by atoms with Crippen LogP contribution in [0.15, 0.2) is 0 Å². The summed E-state index contributed by atoms with van der Waals surface area (Å²) in [6.07, 6.45) is 8.70. The lowest BCUT2D eigenvalue weighted by atomic mass is 10.2. The molecule has 0 atom stereocenters. The van der Waals surface area contributed by atoms with Gasteiger partial charge in [0.15, 0.2) is 0 Å². The van der Waals surface area contributed by atoms with Gasteiger partial charge in [0.25, 0.3) is 0 Å². The van der Waals surface area contributed by atoms with Crippen molar-refractivity contribution < 1.29 is 0 Å². The first-order valence-electron chi connectivity index (χ1n) is 7.70. The molecule has 0 heterocycles. The minimum Gasteiger partial charge on any atom is -0.315 e. The van der Waals surface area contributed by atoms with E-state index >= 15 is 0 Å². The average Bonchev–Trinajstić information content (AvgIpc) is 3.11. The second-order valence-corrected chi connectivity index (χ2v) is 6.46. The number of unbranched alkanes of at least 4 members (excludes halogenated alkanes) is 1. The Bertz CT molecular complexity index is 193. The molecule has 17 heavy (non-hydrogen) atoms. The summed E-state index contributed by atoms with van der Waals surface area (Å²) in [7, 11) is 0. The quantitative estimate of drug-likeness (QED) is 0.589. The Morgan fingerprint density at radius 1 is 1.00 bits per heavy atom. The van der Waals surface area contributed by atoms with Gasteiger partial charge in [-0.2, -0.15) is 0 Å². The molecule has 2 aliphatic rings. The molecule has 0 aromatic carbocycles. The van der Waals surface area contributed by atoms with E-state index in [1.54, 1.807) is 0 Å². The topological polar surface area (TPSA) is 15.3 Å². The van der Waals surface area contributed by atoms with Crippen molar-refractivity contribution in [1.29, 1.82) is 0 Å². The number of rotatable bonds is 10. The summed E-state index contributed by atoms with van der Waals surface area (Å²) in [4.78, 5) is 2.75. The molecule has 0 aliphatic heterocycles. The van der Waals surface area contributed by atoms with Gasteiger partial charge in [-0.3, -0.25) is 0 Å². The molecule has 0 spiro atoms. The molecule has 2 saturated carbocycles. The van der Waals surface area contributed by atoms with Gasteiger partial charge in [0.05, 0.1) is 0 Å². The molecular weight excluding hydrogens is 208 g/mol. The van der Waals surface area contributed by atoms with Crippen molar-refractivity contribution in [3.05, 3.63) is 0 Å². The van der Waals surface area contributed by atoms with E-state index in [-0.39, 0.29) is 0 Å². The second-order valence-electron chi connectivity index (χ2n) is 6.46. The van der Waals surface area contributed by atoms with E-state index in [9.17, 15) is 0 Å². The molecule has 2 nitrogen and oxygen atoms in total. The molecule has 2 rings (SSSR count). The molecule has 0 radical (unpaired) electrons. The van der Waals surface area contributed by atoms with Crippen molar-refractivity contribution in [2.45, 2.75) is 58.4 Å². The second kappa shape index (κ2) is 6.75. The molecule has 0 aromatic heterocycles. The summed E-state index contributed by atoms with van der Waals surface area (Å²) in [5, 5.41) is 3.51. The highest BCUT2D eigenvalue weighted by atomic mass is 15.1. The third-order valence-corrected chi connectivity index (χ3v) is 3.88. The van der Waals surface area contributed by atoms with Crippen molar-refractivity contribution in [1.82, 2.24) is 10.2 Å². The van der Waals surface area contributed by atoms with Gasteiger partial charge in [-0.05, 0) is 63.5 Å². The van der Waals surface area contributed by atoms with E-state index in [0.717, 1.165) is 11.8 Å². The average molecular weight is 238 g/mol. The number of nitrogens with zero attached hydrogens (tertiary/aromatic N) is 1. The molecule has 2 aliphatic carbocycles. The van der Waals surface area contributed by atoms with Crippen LogP contribution in [0.2, 0.25) is 0 Å². The van der Waals surface area contributed by atoms with Gasteiger partial charge in [-0.15, -0.1) is 0 Å². The molecule has 0 aromatic rings. The lowest BCUT2D eigenvalue weighted by Gasteiger charge is -2.22. The SMILES string of the molecule is CC(C)NCCCCN(CC1CC1)CC1CC1. The highest BCUT2D eigenvalue weighted by Crippen LogP contribution is 2.33. The molecule has 1 N–H and O–H groups in total. The predicted octanol–water partition coefficient (Wildman–Crippen LogP) is 2.89. The third kappa shape index (κ3) is 6.42. The van der Waals surface area contributed by atoms with Gasteiger partial charge < -0.3 is 10.2 Å². The largest absolute Gasteiger partial charge is 0.315 e. The smallest absolute Gasteiger partial charge is 0.00103 e. The van der Waals surface area contributed by atoms with E-state index in [1.165, 1.54) is 64.7 Å². The molecule has 100 valence electrons. The summed E-state index contributed by atoms with van der Waals surface area (Å²) in [5.41, 5.74) is 0. The Morgan fingerprint density at radius 3 is 2.06 bits per heavy atom. The van der Waals surface area contributed by atoms with Gasteiger partial charge in [0.2, 0.25) is 0 Å². The van der Waals surface area contributed by atoms with E-state index < -0.39 is 0 Å². The van der Waals surface area contributed by atoms with E-state index in [4.69, 9.17) is 0 Å². The first kappa shape index (κ1) is 13.4. The van der Waals surface area contributed by atoms with E-state index in [0.29, 0.717) is 6.04 Å². The van der Waals surface area contributed by atoms with Crippen LogP contribution >= 0.6 is 0 Å². The van der Waals surface area contributed by atoms with Crippen LogP contribution in [0.5, 0.6) is 0 Å². The first-order chi connectivity index (χ1) is 8.24. The minimum absolute atomic E-state index is 0.643. The van der Waals surface area contributed by atoms with Gasteiger partial charge in [0.1, 0.15) is 0 Å². The zero-order valence-electron chi connectivity index (χ0n) is 11.8. The van der Waals surface area contributed by atoms with Gasteiger partial charge in [0, 0.05) is 19.1 Å². The summed E-state index contributed by atoms with van der Waals surface area (Å²) in [5.74, 6) is 2.12. The van der Waals surface area contributed by atoms with Crippen LogP contribution in [0.3, 0.4) is 0 Å². The number of hydrogen-bond donors (Lipinski definition) is 1. The molecule has 0 saturated heterocycles. The summed E-state index contributed by atoms with van der Waals surface area (Å²) >= 11 is 0. The molecule has 0 unspecified atom stereocenters. The van der Waals surface area contributed by atoms with Crippen molar-refractivity contribution >= 4 is 0 Å². The van der Waals surface area contributed by atoms with Crippen LogP contribution in [-0.2, 0) is 0 Å². The van der Waals surface area contributed by atoms with Crippen LogP contribution in [0.1, 0.15) is 52.4 Å². The highest BCUT2D eigenvalue weighted by molar-refractivity contribution is 4.82. The van der Waals surface area contributed by atoms with Gasteiger partial charge in [-0.1, -0.05) is 13.8 Å². The van der Waals surface area contributed by atoms with Crippen molar-refractivity contribution in [2.75, 3.05) is 26.2 Å². The fourth-order valence-electron chi connectivity index (χ4n) is 2.44. The predicted molar refractivity (Wildman–Crippen MR) is 74.3 cm³/mol. The Morgan fingerprint density at radius 2 is 1.59 bits per heavy atom. The zero-order valence-corrected chi connectivity index (χ0v) is 11.8. The number of nitrogens with one attached hydrogen (secondary N) is 1. The molecule has 0 bridgehead atoms. The fourth-order valence-corrected chi connectivity index (χ4v) is 2.44. The number of hydrogen-bond acceptors (Lipinski definition) is 2. The first-order valence-corrected chi connectivity index (χ1v) is 7.70. The minimum atomic E-state index is 0.643. The Hall–Kier alpha value is -0.0800. The standard InChI is InChI=1S/C15H30N2/c1-13(2)16-9-3-4-10-17(11-14-5-6-14)12-15-7-8-15/h13-16H,3-12H2,1-2H3. The Balaban J connectivity index is 1.52. The van der Waals surface area contributed by atoms with Crippen LogP contribution in [0.25, 0.3) is 0 Å². The summed E-state index contributed by atoms with van der Waals surface area (Å²) < 4.78 is 0. The van der Waals surface area contributed by atoms with Crippen molar-refractivity contribution in [3.8, 4) is 0 Å². The van der Waals surface area contributed by atoms with Gasteiger partial charge >= 0.3 is 0 Å². The maximum atomic E-state index is 3.51. The van der Waals surface area contributed by atoms with E-state index in [1.807, 2.05) is 0 Å². The molecule has 0 amide bonds. The normalized spacial score (nSPS) is 20.5. The van der Waals surface area contributed by atoms with Crippen molar-refractivity contribution in [2.24, 2.45) is 11.8 Å². The highest BCUT2D eigenvalue weighted by Gasteiger charge is 2.28.